The van der Waals surface area contributed by atoms with Crippen molar-refractivity contribution < 1.29 is 14.0 Å². The number of pyridine rings is 1. The van der Waals surface area contributed by atoms with Gasteiger partial charge in [0, 0.05) is 18.1 Å². The number of hydrazone groups is 1. The highest BCUT2D eigenvalue weighted by atomic mass is 32.2. The quantitative estimate of drug-likeness (QED) is 0.169. The minimum atomic E-state index is -0.562. The molecule has 0 unspecified atom stereocenters. The molecule has 0 aliphatic heterocycles. The van der Waals surface area contributed by atoms with Crippen LogP contribution in [-0.4, -0.2) is 35.2 Å². The van der Waals surface area contributed by atoms with E-state index in [0.29, 0.717) is 16.5 Å². The van der Waals surface area contributed by atoms with Crippen LogP contribution in [0.25, 0.3) is 0 Å². The van der Waals surface area contributed by atoms with E-state index in [9.17, 15) is 9.18 Å². The van der Waals surface area contributed by atoms with E-state index < -0.39 is 11.7 Å². The van der Waals surface area contributed by atoms with Crippen LogP contribution in [0, 0.1) is 5.82 Å². The van der Waals surface area contributed by atoms with Gasteiger partial charge in [0.1, 0.15) is 0 Å². The van der Waals surface area contributed by atoms with E-state index in [0.717, 1.165) is 43.0 Å². The minimum absolute atomic E-state index is 0.126. The molecular formula is C21H28FN7O2S. The van der Waals surface area contributed by atoms with Crippen molar-refractivity contribution in [2.45, 2.75) is 42.9 Å². The molecular weight excluding hydrogens is 433 g/mol. The molecule has 0 radical (unpaired) electrons. The van der Waals surface area contributed by atoms with Crippen LogP contribution < -0.4 is 22.5 Å². The van der Waals surface area contributed by atoms with E-state index in [1.54, 1.807) is 31.4 Å². The van der Waals surface area contributed by atoms with Gasteiger partial charge in [0.25, 0.3) is 5.91 Å². The van der Waals surface area contributed by atoms with Gasteiger partial charge in [-0.1, -0.05) is 19.3 Å². The van der Waals surface area contributed by atoms with Crippen molar-refractivity contribution in [3.8, 4) is 0 Å². The summed E-state index contributed by atoms with van der Waals surface area (Å²) < 4.78 is 14.8. The summed E-state index contributed by atoms with van der Waals surface area (Å²) in [6, 6.07) is 6.44. The Bertz CT molecular complexity index is 981. The Morgan fingerprint density at radius 3 is 2.69 bits per heavy atom. The summed E-state index contributed by atoms with van der Waals surface area (Å²) in [5.74, 6) is 10.2. The molecule has 1 amide bonds. The largest absolute Gasteiger partial charge is 0.321 e. The van der Waals surface area contributed by atoms with E-state index in [-0.39, 0.29) is 16.5 Å². The van der Waals surface area contributed by atoms with Gasteiger partial charge in [0.2, 0.25) is 5.17 Å². The lowest BCUT2D eigenvalue weighted by atomic mass is 9.85. The number of carbonyl (C=O) groups is 1. The second-order valence-corrected chi connectivity index (χ2v) is 8.54. The van der Waals surface area contributed by atoms with Crippen LogP contribution in [0.3, 0.4) is 0 Å². The Hall–Kier alpha value is -2.89. The van der Waals surface area contributed by atoms with E-state index >= 15 is 0 Å². The first kappa shape index (κ1) is 23.8. The van der Waals surface area contributed by atoms with Crippen molar-refractivity contribution in [2.24, 2.45) is 16.8 Å². The van der Waals surface area contributed by atoms with E-state index in [2.05, 4.69) is 20.9 Å². The molecule has 0 saturated heterocycles. The van der Waals surface area contributed by atoms with Crippen LogP contribution in [0.2, 0.25) is 0 Å². The van der Waals surface area contributed by atoms with Crippen molar-refractivity contribution in [3.63, 3.8) is 0 Å². The number of nitrogens with one attached hydrogen (secondary N) is 2. The van der Waals surface area contributed by atoms with Crippen molar-refractivity contribution in [2.75, 3.05) is 25.0 Å². The highest BCUT2D eigenvalue weighted by Crippen LogP contribution is 2.33. The molecule has 3 rings (SSSR count). The minimum Gasteiger partial charge on any atom is -0.321 e. The van der Waals surface area contributed by atoms with Gasteiger partial charge in [-0.2, -0.15) is 5.10 Å². The van der Waals surface area contributed by atoms with Crippen LogP contribution >= 0.6 is 11.8 Å². The molecule has 1 heterocycles. The number of hydrazine groups is 1. The van der Waals surface area contributed by atoms with Crippen LogP contribution in [0.1, 0.15) is 53.9 Å². The number of amides is 1. The monoisotopic (exact) mass is 461 g/mol. The third-order valence-corrected chi connectivity index (χ3v) is 6.38. The van der Waals surface area contributed by atoms with Gasteiger partial charge in [0.15, 0.2) is 11.6 Å². The number of hydrogen-bond acceptors (Lipinski definition) is 8. The molecule has 172 valence electrons. The number of carbonyl (C=O) groups excluding carboxylic acids is 1. The smallest absolute Gasteiger partial charge is 0.258 e. The lowest BCUT2D eigenvalue weighted by Gasteiger charge is -2.22. The number of aromatic nitrogens is 1. The number of thioether (sulfide) groups is 1. The predicted molar refractivity (Wildman–Crippen MR) is 124 cm³/mol. The third-order valence-electron chi connectivity index (χ3n) is 5.23. The molecule has 1 aromatic heterocycles. The lowest BCUT2D eigenvalue weighted by Crippen LogP contribution is -2.32. The van der Waals surface area contributed by atoms with Crippen molar-refractivity contribution in [1.82, 2.24) is 9.99 Å². The highest BCUT2D eigenvalue weighted by Gasteiger charge is 2.21. The van der Waals surface area contributed by atoms with Crippen molar-refractivity contribution >= 4 is 34.3 Å². The predicted octanol–water partition coefficient (Wildman–Crippen LogP) is 3.62. The standard InChI is InChI=1S/C21H28FN7O2S/c1-29(24)21(27-23)32-18-9-8-15(28-31-2)11-16(18)20(30)26-19-17(22)10-14(12-25-19)13-6-4-3-5-7-13/h8-13,28H,3-7,23-24H2,1-2H3,(H,25,26,30)/b27-21+. The molecule has 0 bridgehead atoms. The first-order valence-electron chi connectivity index (χ1n) is 10.3. The average Bonchev–Trinajstić information content (AvgIpc) is 2.80. The average molecular weight is 462 g/mol. The fourth-order valence-electron chi connectivity index (χ4n) is 3.64. The fourth-order valence-corrected chi connectivity index (χ4v) is 4.44. The Morgan fingerprint density at radius 2 is 2.06 bits per heavy atom. The number of rotatable bonds is 6. The first-order chi connectivity index (χ1) is 15.4. The Morgan fingerprint density at radius 1 is 1.31 bits per heavy atom. The molecule has 1 fully saturated rings. The second kappa shape index (κ2) is 11.1. The normalized spacial score (nSPS) is 14.8. The summed E-state index contributed by atoms with van der Waals surface area (Å²) in [7, 11) is 3.03. The number of hydrogen-bond donors (Lipinski definition) is 4. The molecule has 32 heavy (non-hydrogen) atoms. The first-order valence-corrected chi connectivity index (χ1v) is 11.1. The summed E-state index contributed by atoms with van der Waals surface area (Å²) in [4.78, 5) is 22.7. The molecule has 2 aromatic rings. The van der Waals surface area contributed by atoms with E-state index in [1.807, 2.05) is 0 Å². The molecule has 1 aliphatic carbocycles. The van der Waals surface area contributed by atoms with Gasteiger partial charge < -0.3 is 11.2 Å². The van der Waals surface area contributed by atoms with Gasteiger partial charge in [-0.25, -0.2) is 15.2 Å². The van der Waals surface area contributed by atoms with Crippen LogP contribution in [-0.2, 0) is 4.84 Å². The molecule has 1 aliphatic rings. The Balaban J connectivity index is 1.84. The maximum absolute atomic E-state index is 14.8. The van der Waals surface area contributed by atoms with E-state index in [1.165, 1.54) is 24.6 Å². The summed E-state index contributed by atoms with van der Waals surface area (Å²) in [5.41, 5.74) is 4.33. The number of anilines is 2. The number of amidine groups is 1. The van der Waals surface area contributed by atoms with Crippen LogP contribution in [0.5, 0.6) is 0 Å². The van der Waals surface area contributed by atoms with Crippen molar-refractivity contribution in [1.29, 1.82) is 0 Å². The molecule has 6 N–H and O–H groups in total. The summed E-state index contributed by atoms with van der Waals surface area (Å²) in [5, 5.41) is 7.71. The zero-order valence-electron chi connectivity index (χ0n) is 18.1. The fraction of sp³-hybridized carbons (Fsp3) is 0.381. The topological polar surface area (TPSA) is 131 Å². The number of halogens is 1. The third kappa shape index (κ3) is 5.87. The summed E-state index contributed by atoms with van der Waals surface area (Å²) in [6.45, 7) is 0. The van der Waals surface area contributed by atoms with E-state index in [4.69, 9.17) is 16.5 Å². The zero-order valence-corrected chi connectivity index (χ0v) is 18.9. The van der Waals surface area contributed by atoms with Crippen LogP contribution in [0.4, 0.5) is 15.9 Å². The zero-order chi connectivity index (χ0) is 23.1. The van der Waals surface area contributed by atoms with Gasteiger partial charge in [-0.15, -0.1) is 0 Å². The van der Waals surface area contributed by atoms with Gasteiger partial charge in [-0.05, 0) is 60.4 Å². The second-order valence-electron chi connectivity index (χ2n) is 7.53. The summed E-state index contributed by atoms with van der Waals surface area (Å²) in [6.07, 6.45) is 7.22. The lowest BCUT2D eigenvalue weighted by molar-refractivity contribution is 0.102. The SMILES string of the molecule is CONc1ccc(S/C(=N/N)N(C)N)c(C(=O)Nc2ncc(C3CCCCC3)cc2F)c1. The van der Waals surface area contributed by atoms with Gasteiger partial charge in [0.05, 0.1) is 18.4 Å². The maximum Gasteiger partial charge on any atom is 0.258 e. The molecule has 0 atom stereocenters. The van der Waals surface area contributed by atoms with Gasteiger partial charge in [-0.3, -0.25) is 20.1 Å². The Kier molecular flexibility index (Phi) is 8.26. The highest BCUT2D eigenvalue weighted by molar-refractivity contribution is 8.13. The maximum atomic E-state index is 14.8. The molecule has 9 nitrogen and oxygen atoms in total. The molecule has 1 saturated carbocycles. The summed E-state index contributed by atoms with van der Waals surface area (Å²) >= 11 is 1.10. The molecule has 0 spiro atoms. The number of nitrogens with two attached hydrogens (primary N) is 2. The molecule has 1 aromatic carbocycles. The van der Waals surface area contributed by atoms with Crippen molar-refractivity contribution in [3.05, 3.63) is 47.4 Å². The Labute approximate surface area is 190 Å². The number of nitrogens with zero attached hydrogens (tertiary/aromatic N) is 3. The van der Waals surface area contributed by atoms with Gasteiger partial charge >= 0.3 is 0 Å². The number of benzene rings is 1. The van der Waals surface area contributed by atoms with Crippen LogP contribution in [0.15, 0.2) is 40.5 Å². The molecule has 11 heteroatoms.